The molecule has 1 fully saturated rings. The van der Waals surface area contributed by atoms with Crippen molar-refractivity contribution in [3.05, 3.63) is 67.1 Å². The summed E-state index contributed by atoms with van der Waals surface area (Å²) in [5, 5.41) is 3.53. The van der Waals surface area contributed by atoms with Gasteiger partial charge in [-0.25, -0.2) is 0 Å². The van der Waals surface area contributed by atoms with Crippen molar-refractivity contribution in [1.29, 1.82) is 0 Å². The highest BCUT2D eigenvalue weighted by molar-refractivity contribution is 6.02. The molecule has 5 nitrogen and oxygen atoms in total. The van der Waals surface area contributed by atoms with Crippen LogP contribution in [0.15, 0.2) is 67.1 Å². The van der Waals surface area contributed by atoms with Gasteiger partial charge in [0.2, 0.25) is 0 Å². The fourth-order valence-corrected chi connectivity index (χ4v) is 4.15. The zero-order valence-electron chi connectivity index (χ0n) is 16.4. The second-order valence-electron chi connectivity index (χ2n) is 7.77. The number of rotatable bonds is 5. The molecule has 5 rings (SSSR count). The fraction of sp³-hybridized carbons (Fsp3) is 0.250. The molecule has 0 radical (unpaired) electrons. The van der Waals surface area contributed by atoms with Crippen LogP contribution in [-0.4, -0.2) is 34.1 Å². The molecule has 0 unspecified atom stereocenters. The SMILES string of the molecule is C[C@@H]1CN[C@H](COc2cnccc2-c2[nH]c3cccnc3c2-c2ccccc2)C1. The Kier molecular flexibility index (Phi) is 4.74. The van der Waals surface area contributed by atoms with Gasteiger partial charge in [-0.15, -0.1) is 0 Å². The maximum atomic E-state index is 6.25. The Balaban J connectivity index is 1.58. The first-order valence-corrected chi connectivity index (χ1v) is 10.1. The summed E-state index contributed by atoms with van der Waals surface area (Å²) in [6, 6.07) is 16.8. The molecule has 5 heteroatoms. The number of H-pyrrole nitrogens is 1. The molecule has 0 saturated carbocycles. The number of pyridine rings is 2. The molecule has 0 spiro atoms. The fourth-order valence-electron chi connectivity index (χ4n) is 4.15. The van der Waals surface area contributed by atoms with E-state index >= 15 is 0 Å². The van der Waals surface area contributed by atoms with E-state index in [9.17, 15) is 0 Å². The van der Waals surface area contributed by atoms with Crippen LogP contribution < -0.4 is 10.1 Å². The summed E-state index contributed by atoms with van der Waals surface area (Å²) in [7, 11) is 0. The van der Waals surface area contributed by atoms with Gasteiger partial charge in [0.25, 0.3) is 0 Å². The largest absolute Gasteiger partial charge is 0.490 e. The average molecular weight is 384 g/mol. The maximum absolute atomic E-state index is 6.25. The van der Waals surface area contributed by atoms with E-state index in [-0.39, 0.29) is 0 Å². The topological polar surface area (TPSA) is 62.8 Å². The zero-order chi connectivity index (χ0) is 19.6. The summed E-state index contributed by atoms with van der Waals surface area (Å²) in [6.45, 7) is 3.97. The lowest BCUT2D eigenvalue weighted by Crippen LogP contribution is -2.28. The molecule has 2 atom stereocenters. The van der Waals surface area contributed by atoms with E-state index in [1.54, 1.807) is 6.20 Å². The van der Waals surface area contributed by atoms with Gasteiger partial charge in [0.15, 0.2) is 0 Å². The quantitative estimate of drug-likeness (QED) is 0.525. The van der Waals surface area contributed by atoms with E-state index in [1.807, 2.05) is 30.6 Å². The maximum Gasteiger partial charge on any atom is 0.146 e. The van der Waals surface area contributed by atoms with E-state index in [0.717, 1.165) is 52.1 Å². The second kappa shape index (κ2) is 7.68. The molecule has 4 aromatic rings. The lowest BCUT2D eigenvalue weighted by Gasteiger charge is -2.15. The van der Waals surface area contributed by atoms with Gasteiger partial charge in [-0.05, 0) is 42.6 Å². The predicted molar refractivity (Wildman–Crippen MR) is 116 cm³/mol. The monoisotopic (exact) mass is 384 g/mol. The minimum atomic E-state index is 0.385. The first-order chi connectivity index (χ1) is 14.3. The third kappa shape index (κ3) is 3.49. The summed E-state index contributed by atoms with van der Waals surface area (Å²) in [5.74, 6) is 1.49. The highest BCUT2D eigenvalue weighted by Crippen LogP contribution is 2.40. The Morgan fingerprint density at radius 3 is 2.79 bits per heavy atom. The highest BCUT2D eigenvalue weighted by atomic mass is 16.5. The van der Waals surface area contributed by atoms with Crippen molar-refractivity contribution < 1.29 is 4.74 Å². The molecule has 146 valence electrons. The van der Waals surface area contributed by atoms with Crippen molar-refractivity contribution in [3.63, 3.8) is 0 Å². The van der Waals surface area contributed by atoms with Crippen LogP contribution >= 0.6 is 0 Å². The van der Waals surface area contributed by atoms with E-state index in [2.05, 4.69) is 57.5 Å². The summed E-state index contributed by atoms with van der Waals surface area (Å²) in [4.78, 5) is 12.5. The molecule has 1 saturated heterocycles. The molecule has 0 bridgehead atoms. The smallest absolute Gasteiger partial charge is 0.146 e. The van der Waals surface area contributed by atoms with Gasteiger partial charge < -0.3 is 15.0 Å². The van der Waals surface area contributed by atoms with Crippen molar-refractivity contribution in [2.24, 2.45) is 5.92 Å². The third-order valence-electron chi connectivity index (χ3n) is 5.55. The Morgan fingerprint density at radius 1 is 1.07 bits per heavy atom. The van der Waals surface area contributed by atoms with E-state index in [0.29, 0.717) is 18.6 Å². The molecule has 3 aromatic heterocycles. The highest BCUT2D eigenvalue weighted by Gasteiger charge is 2.23. The molecule has 1 aliphatic rings. The molecule has 1 aliphatic heterocycles. The van der Waals surface area contributed by atoms with Crippen LogP contribution in [0.1, 0.15) is 13.3 Å². The number of hydrogen-bond donors (Lipinski definition) is 2. The summed E-state index contributed by atoms with van der Waals surface area (Å²) >= 11 is 0. The molecular formula is C24H24N4O. The normalized spacial score (nSPS) is 18.9. The number of fused-ring (bicyclic) bond motifs is 1. The number of benzene rings is 1. The Morgan fingerprint density at radius 2 is 1.97 bits per heavy atom. The first-order valence-electron chi connectivity index (χ1n) is 10.1. The van der Waals surface area contributed by atoms with E-state index in [1.165, 1.54) is 0 Å². The molecular weight excluding hydrogens is 360 g/mol. The number of aromatic nitrogens is 3. The van der Waals surface area contributed by atoms with Crippen LogP contribution in [0.3, 0.4) is 0 Å². The summed E-state index contributed by atoms with van der Waals surface area (Å²) in [5.41, 5.74) is 6.20. The van der Waals surface area contributed by atoms with Crippen LogP contribution in [0.5, 0.6) is 5.75 Å². The van der Waals surface area contributed by atoms with Crippen LogP contribution in [-0.2, 0) is 0 Å². The van der Waals surface area contributed by atoms with E-state index < -0.39 is 0 Å². The molecule has 0 aliphatic carbocycles. The number of aromatic amines is 1. The van der Waals surface area contributed by atoms with Gasteiger partial charge in [-0.1, -0.05) is 37.3 Å². The molecule has 2 N–H and O–H groups in total. The Labute approximate surface area is 170 Å². The Bertz CT molecular complexity index is 1120. The average Bonchev–Trinajstić information content (AvgIpc) is 3.36. The van der Waals surface area contributed by atoms with Gasteiger partial charge in [-0.3, -0.25) is 9.97 Å². The second-order valence-corrected chi connectivity index (χ2v) is 7.77. The van der Waals surface area contributed by atoms with E-state index in [4.69, 9.17) is 4.74 Å². The zero-order valence-corrected chi connectivity index (χ0v) is 16.4. The molecule has 4 heterocycles. The number of ether oxygens (including phenoxy) is 1. The summed E-state index contributed by atoms with van der Waals surface area (Å²) < 4.78 is 6.25. The van der Waals surface area contributed by atoms with Crippen molar-refractivity contribution in [3.8, 4) is 28.1 Å². The number of hydrogen-bond acceptors (Lipinski definition) is 4. The van der Waals surface area contributed by atoms with Crippen molar-refractivity contribution in [2.75, 3.05) is 13.2 Å². The minimum Gasteiger partial charge on any atom is -0.490 e. The molecule has 29 heavy (non-hydrogen) atoms. The first kappa shape index (κ1) is 17.9. The van der Waals surface area contributed by atoms with Gasteiger partial charge in [0, 0.05) is 29.6 Å². The van der Waals surface area contributed by atoms with Gasteiger partial charge in [0.05, 0.1) is 22.9 Å². The van der Waals surface area contributed by atoms with Crippen LogP contribution in [0, 0.1) is 5.92 Å². The third-order valence-corrected chi connectivity index (χ3v) is 5.55. The summed E-state index contributed by atoms with van der Waals surface area (Å²) in [6.07, 6.45) is 6.59. The lowest BCUT2D eigenvalue weighted by atomic mass is 10.0. The van der Waals surface area contributed by atoms with Crippen molar-refractivity contribution in [2.45, 2.75) is 19.4 Å². The Hall–Kier alpha value is -3.18. The van der Waals surface area contributed by atoms with Gasteiger partial charge >= 0.3 is 0 Å². The minimum absolute atomic E-state index is 0.385. The van der Waals surface area contributed by atoms with Crippen LogP contribution in [0.2, 0.25) is 0 Å². The number of nitrogens with zero attached hydrogens (tertiary/aromatic N) is 2. The van der Waals surface area contributed by atoms with Crippen LogP contribution in [0.4, 0.5) is 0 Å². The van der Waals surface area contributed by atoms with Crippen molar-refractivity contribution >= 4 is 11.0 Å². The predicted octanol–water partition coefficient (Wildman–Crippen LogP) is 4.67. The molecule has 1 aromatic carbocycles. The van der Waals surface area contributed by atoms with Gasteiger partial charge in [-0.2, -0.15) is 0 Å². The van der Waals surface area contributed by atoms with Gasteiger partial charge in [0.1, 0.15) is 12.4 Å². The standard InChI is InChI=1S/C24H24N4O/c1-16-12-18(27-13-16)15-29-21-14-25-11-9-19(21)23-22(17-6-3-2-4-7-17)24-20(28-23)8-5-10-26-24/h2-11,14,16,18,27-28H,12-13,15H2,1H3/t16-,18-/m0/s1. The van der Waals surface area contributed by atoms with Crippen molar-refractivity contribution in [1.82, 2.24) is 20.3 Å². The number of nitrogens with one attached hydrogen (secondary N) is 2. The lowest BCUT2D eigenvalue weighted by molar-refractivity contribution is 0.275. The molecule has 0 amide bonds. The van der Waals surface area contributed by atoms with Crippen LogP contribution in [0.25, 0.3) is 33.4 Å².